The molecule has 0 fully saturated rings. The average molecular weight is 673 g/mol. The first-order chi connectivity index (χ1) is 22.0. The van der Waals surface area contributed by atoms with E-state index in [4.69, 9.17) is 23.2 Å². The number of rotatable bonds is 12. The average Bonchev–Trinajstić information content (AvgIpc) is 3.07. The van der Waals surface area contributed by atoms with Crippen molar-refractivity contribution in [2.45, 2.75) is 30.7 Å². The predicted octanol–water partition coefficient (Wildman–Crippen LogP) is 9.13. The molecule has 5 aromatic rings. The number of hydrogen-bond donors (Lipinski definition) is 1. The minimum Gasteiger partial charge on any atom is -0.481 e. The minimum atomic E-state index is -4.20. The molecule has 0 spiro atoms. The predicted molar refractivity (Wildman–Crippen MR) is 183 cm³/mol. The quantitative estimate of drug-likeness (QED) is 0.134. The molecule has 0 aliphatic carbocycles. The first-order valence-electron chi connectivity index (χ1n) is 14.6. The smallest absolute Gasteiger partial charge is 0.307 e. The molecule has 5 aromatic carbocycles. The van der Waals surface area contributed by atoms with Gasteiger partial charge in [0.25, 0.3) is 10.0 Å². The highest BCUT2D eigenvalue weighted by molar-refractivity contribution is 7.92. The van der Waals surface area contributed by atoms with Crippen LogP contribution >= 0.6 is 23.2 Å². The van der Waals surface area contributed by atoms with Gasteiger partial charge in [-0.1, -0.05) is 127 Å². The van der Waals surface area contributed by atoms with E-state index in [0.29, 0.717) is 5.56 Å². The number of carbonyl (C=O) groups excluding carboxylic acids is 1. The maximum absolute atomic E-state index is 14.1. The van der Waals surface area contributed by atoms with Crippen LogP contribution in [0.25, 0.3) is 11.1 Å². The zero-order valence-electron chi connectivity index (χ0n) is 24.9. The standard InChI is InChI=1S/C37H31Cl2NO5S/c1-25(27-9-4-2-5-10-27)33(37(42)43)23-36(41)30-13-8-14-31(21-30)40(46(44,45)32-19-20-34(38)35(39)22-32)24-26-15-17-29(18-16-26)28-11-6-3-7-12-28/h2-22,25,33H,23-24H2,1H3,(H,42,43). The summed E-state index contributed by atoms with van der Waals surface area (Å²) >= 11 is 12.3. The van der Waals surface area contributed by atoms with Crippen molar-refractivity contribution in [3.8, 4) is 11.1 Å². The molecule has 6 nitrogen and oxygen atoms in total. The third kappa shape index (κ3) is 7.50. The fourth-order valence-electron chi connectivity index (χ4n) is 5.30. The molecule has 0 aromatic heterocycles. The van der Waals surface area contributed by atoms with E-state index in [9.17, 15) is 23.1 Å². The van der Waals surface area contributed by atoms with Crippen LogP contribution in [0, 0.1) is 5.92 Å². The van der Waals surface area contributed by atoms with Crippen LogP contribution in [0.2, 0.25) is 10.0 Å². The van der Waals surface area contributed by atoms with Gasteiger partial charge in [0.1, 0.15) is 0 Å². The van der Waals surface area contributed by atoms with E-state index in [1.165, 1.54) is 28.6 Å². The van der Waals surface area contributed by atoms with Gasteiger partial charge in [0.15, 0.2) is 5.78 Å². The summed E-state index contributed by atoms with van der Waals surface area (Å²) in [5, 5.41) is 10.3. The van der Waals surface area contributed by atoms with Gasteiger partial charge in [-0.15, -0.1) is 0 Å². The molecule has 0 heterocycles. The van der Waals surface area contributed by atoms with Gasteiger partial charge < -0.3 is 5.11 Å². The van der Waals surface area contributed by atoms with Crippen molar-refractivity contribution < 1.29 is 23.1 Å². The molecule has 2 unspecified atom stereocenters. The van der Waals surface area contributed by atoms with Gasteiger partial charge in [0.05, 0.1) is 33.1 Å². The van der Waals surface area contributed by atoms with Crippen LogP contribution in [-0.2, 0) is 21.4 Å². The molecule has 0 saturated carbocycles. The zero-order chi connectivity index (χ0) is 32.8. The number of carboxylic acids is 1. The van der Waals surface area contributed by atoms with E-state index >= 15 is 0 Å². The summed E-state index contributed by atoms with van der Waals surface area (Å²) in [5.41, 5.74) is 3.98. The minimum absolute atomic E-state index is 0.0436. The van der Waals surface area contributed by atoms with E-state index in [1.54, 1.807) is 25.1 Å². The molecular formula is C37H31Cl2NO5S. The molecule has 46 heavy (non-hydrogen) atoms. The van der Waals surface area contributed by atoms with Gasteiger partial charge in [-0.2, -0.15) is 0 Å². The van der Waals surface area contributed by atoms with Gasteiger partial charge in [-0.3, -0.25) is 13.9 Å². The van der Waals surface area contributed by atoms with E-state index in [2.05, 4.69) is 0 Å². The molecule has 0 aliphatic heterocycles. The summed E-state index contributed by atoms with van der Waals surface area (Å²) in [4.78, 5) is 25.7. The molecule has 0 bridgehead atoms. The van der Waals surface area contributed by atoms with Crippen molar-refractivity contribution in [3.05, 3.63) is 154 Å². The number of sulfonamides is 1. The third-order valence-electron chi connectivity index (χ3n) is 7.97. The van der Waals surface area contributed by atoms with E-state index in [-0.39, 0.29) is 39.2 Å². The van der Waals surface area contributed by atoms with Crippen molar-refractivity contribution in [3.63, 3.8) is 0 Å². The summed E-state index contributed by atoms with van der Waals surface area (Å²) in [5.74, 6) is -2.88. The van der Waals surface area contributed by atoms with Crippen LogP contribution in [0.3, 0.4) is 0 Å². The summed E-state index contributed by atoms with van der Waals surface area (Å²) in [6.45, 7) is 1.74. The lowest BCUT2D eigenvalue weighted by atomic mass is 9.83. The Morgan fingerprint density at radius 1 is 0.739 bits per heavy atom. The third-order valence-corrected chi connectivity index (χ3v) is 10.5. The zero-order valence-corrected chi connectivity index (χ0v) is 27.2. The summed E-state index contributed by atoms with van der Waals surface area (Å²) < 4.78 is 29.5. The van der Waals surface area contributed by atoms with Crippen LogP contribution in [-0.4, -0.2) is 25.3 Å². The molecule has 0 saturated heterocycles. The first-order valence-corrected chi connectivity index (χ1v) is 16.8. The number of anilines is 1. The maximum Gasteiger partial charge on any atom is 0.307 e. The number of ketones is 1. The topological polar surface area (TPSA) is 91.8 Å². The number of carboxylic acid groups (broad SMARTS) is 1. The molecule has 0 aliphatic rings. The van der Waals surface area contributed by atoms with Gasteiger partial charge in [0, 0.05) is 12.0 Å². The molecule has 2 atom stereocenters. The van der Waals surface area contributed by atoms with Crippen molar-refractivity contribution in [1.82, 2.24) is 0 Å². The highest BCUT2D eigenvalue weighted by atomic mass is 35.5. The van der Waals surface area contributed by atoms with E-state index < -0.39 is 33.6 Å². The Balaban J connectivity index is 1.49. The van der Waals surface area contributed by atoms with Gasteiger partial charge in [-0.25, -0.2) is 8.42 Å². The second-order valence-electron chi connectivity index (χ2n) is 11.0. The fourth-order valence-corrected chi connectivity index (χ4v) is 7.13. The molecule has 1 N–H and O–H groups in total. The number of nitrogens with zero attached hydrogens (tertiary/aromatic N) is 1. The monoisotopic (exact) mass is 671 g/mol. The SMILES string of the molecule is CC(c1ccccc1)C(CC(=O)c1cccc(N(Cc2ccc(-c3ccccc3)cc2)S(=O)(=O)c2ccc(Cl)c(Cl)c2)c1)C(=O)O. The van der Waals surface area contributed by atoms with Gasteiger partial charge in [-0.05, 0) is 58.5 Å². The summed E-state index contributed by atoms with van der Waals surface area (Å²) in [7, 11) is -4.20. The lowest BCUT2D eigenvalue weighted by Gasteiger charge is -2.26. The Hall–Kier alpha value is -4.43. The van der Waals surface area contributed by atoms with Crippen molar-refractivity contribution >= 4 is 50.7 Å². The molecular weight excluding hydrogens is 641 g/mol. The summed E-state index contributed by atoms with van der Waals surface area (Å²) in [6.07, 6.45) is -0.255. The fraction of sp³-hybridized carbons (Fsp3) is 0.135. The number of halogens is 2. The van der Waals surface area contributed by atoms with Crippen LogP contribution in [0.1, 0.15) is 40.7 Å². The molecule has 5 rings (SSSR count). The lowest BCUT2D eigenvalue weighted by molar-refractivity contribution is -0.142. The number of aliphatic carboxylic acids is 1. The van der Waals surface area contributed by atoms with Crippen LogP contribution in [0.5, 0.6) is 0 Å². The normalized spacial score (nSPS) is 12.7. The molecule has 234 valence electrons. The van der Waals surface area contributed by atoms with Crippen LogP contribution < -0.4 is 4.31 Å². The molecule has 0 amide bonds. The number of carbonyl (C=O) groups is 2. The Morgan fingerprint density at radius 2 is 1.37 bits per heavy atom. The van der Waals surface area contributed by atoms with Crippen molar-refractivity contribution in [2.75, 3.05) is 4.31 Å². The highest BCUT2D eigenvalue weighted by Gasteiger charge is 2.30. The number of benzene rings is 5. The second kappa shape index (κ2) is 14.3. The Labute approximate surface area is 278 Å². The largest absolute Gasteiger partial charge is 0.481 e. The van der Waals surface area contributed by atoms with Crippen molar-refractivity contribution in [2.24, 2.45) is 5.92 Å². The summed E-state index contributed by atoms with van der Waals surface area (Å²) in [6, 6.07) is 36.9. The maximum atomic E-state index is 14.1. The van der Waals surface area contributed by atoms with Crippen LogP contribution in [0.4, 0.5) is 5.69 Å². The highest BCUT2D eigenvalue weighted by Crippen LogP contribution is 2.33. The Kier molecular flexibility index (Phi) is 10.3. The number of hydrogen-bond acceptors (Lipinski definition) is 4. The van der Waals surface area contributed by atoms with E-state index in [1.807, 2.05) is 84.9 Å². The van der Waals surface area contributed by atoms with E-state index in [0.717, 1.165) is 16.7 Å². The molecule has 0 radical (unpaired) electrons. The second-order valence-corrected chi connectivity index (χ2v) is 13.6. The lowest BCUT2D eigenvalue weighted by Crippen LogP contribution is -2.31. The number of Topliss-reactive ketones (excluding diaryl/α,β-unsaturated/α-hetero) is 1. The Bertz CT molecular complexity index is 1950. The van der Waals surface area contributed by atoms with Gasteiger partial charge in [0.2, 0.25) is 0 Å². The Morgan fingerprint density at radius 3 is 2.00 bits per heavy atom. The first kappa shape index (κ1) is 32.9. The van der Waals surface area contributed by atoms with Gasteiger partial charge >= 0.3 is 5.97 Å². The van der Waals surface area contributed by atoms with Crippen LogP contribution in [0.15, 0.2) is 132 Å². The van der Waals surface area contributed by atoms with Crippen molar-refractivity contribution in [1.29, 1.82) is 0 Å². The molecule has 9 heteroatoms.